The van der Waals surface area contributed by atoms with E-state index >= 15 is 0 Å². The summed E-state index contributed by atoms with van der Waals surface area (Å²) in [5, 5.41) is 3.77. The average molecular weight is 383 g/mol. The van der Waals surface area contributed by atoms with Crippen molar-refractivity contribution in [1.29, 1.82) is 0 Å². The summed E-state index contributed by atoms with van der Waals surface area (Å²) in [6.45, 7) is 17.1. The monoisotopic (exact) mass is 382 g/mol. The van der Waals surface area contributed by atoms with Gasteiger partial charge >= 0.3 is 0 Å². The van der Waals surface area contributed by atoms with E-state index in [9.17, 15) is 0 Å². The third kappa shape index (κ3) is 6.10. The molecule has 1 fully saturated rings. The second kappa shape index (κ2) is 9.04. The summed E-state index contributed by atoms with van der Waals surface area (Å²) < 4.78 is 6.61. The molecule has 2 atom stereocenters. The maximum absolute atomic E-state index is 6.61. The fraction of sp³-hybridized carbons (Fsp3) is 0.700. The largest absolute Gasteiger partial charge is 0.413 e. The van der Waals surface area contributed by atoms with Crippen LogP contribution in [0.15, 0.2) is 24.3 Å². The average Bonchev–Trinajstić information content (AvgIpc) is 2.90. The molecule has 0 aromatic heterocycles. The fourth-order valence-corrected chi connectivity index (χ4v) is 4.54. The second-order valence-corrected chi connectivity index (χ2v) is 13.6. The Kier molecular flexibility index (Phi) is 8.21. The van der Waals surface area contributed by atoms with Gasteiger partial charge in [0.15, 0.2) is 8.32 Å². The molecule has 25 heavy (non-hydrogen) atoms. The molecular formula is C20H38N2OSSi. The van der Waals surface area contributed by atoms with Crippen LogP contribution >= 0.6 is 13.5 Å². The lowest BCUT2D eigenvalue weighted by Gasteiger charge is -2.38. The Morgan fingerprint density at radius 1 is 1.32 bits per heavy atom. The van der Waals surface area contributed by atoms with Crippen molar-refractivity contribution in [2.45, 2.75) is 64.4 Å². The first-order valence-corrected chi connectivity index (χ1v) is 12.2. The van der Waals surface area contributed by atoms with Gasteiger partial charge in [0.05, 0.1) is 6.10 Å². The standard InChI is InChI=1S/C20H36N2OSi.H2S/c1-16-9-8-10-17(13-16)19(21-5)15-22-12-11-18(14-22)23-24(6,7)20(2,3)4;/h8-10,13,18-19,21H,11-12,14-15H2,1-7H3;1H2/t18-,19+;/m0./s1. The van der Waals surface area contributed by atoms with E-state index in [1.807, 2.05) is 0 Å². The number of aryl methyl sites for hydroxylation is 1. The Bertz CT molecular complexity index is 545. The third-order valence-electron chi connectivity index (χ3n) is 5.73. The van der Waals surface area contributed by atoms with Crippen molar-refractivity contribution in [2.75, 3.05) is 26.7 Å². The topological polar surface area (TPSA) is 24.5 Å². The summed E-state index contributed by atoms with van der Waals surface area (Å²) in [6, 6.07) is 9.23. The molecular weight excluding hydrogens is 344 g/mol. The summed E-state index contributed by atoms with van der Waals surface area (Å²) in [4.78, 5) is 2.56. The molecule has 0 bridgehead atoms. The summed E-state index contributed by atoms with van der Waals surface area (Å²) in [7, 11) is 0.401. The second-order valence-electron chi connectivity index (χ2n) is 8.80. The molecule has 1 aromatic carbocycles. The molecule has 0 radical (unpaired) electrons. The highest BCUT2D eigenvalue weighted by molar-refractivity contribution is 7.59. The van der Waals surface area contributed by atoms with Gasteiger partial charge in [0.25, 0.3) is 0 Å². The van der Waals surface area contributed by atoms with Crippen LogP contribution in [0.2, 0.25) is 18.1 Å². The Balaban J connectivity index is 0.00000312. The fourth-order valence-electron chi connectivity index (χ4n) is 3.16. The zero-order valence-electron chi connectivity index (χ0n) is 17.1. The number of hydrogen-bond acceptors (Lipinski definition) is 3. The summed E-state index contributed by atoms with van der Waals surface area (Å²) in [5.74, 6) is 0. The van der Waals surface area contributed by atoms with Crippen LogP contribution in [0.25, 0.3) is 0 Å². The van der Waals surface area contributed by atoms with E-state index in [0.717, 1.165) is 26.1 Å². The van der Waals surface area contributed by atoms with Crippen LogP contribution in [-0.2, 0) is 4.43 Å². The number of rotatable bonds is 6. The minimum atomic E-state index is -1.66. The highest BCUT2D eigenvalue weighted by atomic mass is 32.1. The van der Waals surface area contributed by atoms with Crippen molar-refractivity contribution in [1.82, 2.24) is 10.2 Å². The van der Waals surface area contributed by atoms with Gasteiger partial charge in [0.1, 0.15) is 0 Å². The minimum Gasteiger partial charge on any atom is -0.413 e. The van der Waals surface area contributed by atoms with Crippen LogP contribution in [0.3, 0.4) is 0 Å². The molecule has 144 valence electrons. The molecule has 1 aliphatic heterocycles. The van der Waals surface area contributed by atoms with Gasteiger partial charge < -0.3 is 9.74 Å². The predicted molar refractivity (Wildman–Crippen MR) is 116 cm³/mol. The number of nitrogens with zero attached hydrogens (tertiary/aromatic N) is 1. The van der Waals surface area contributed by atoms with E-state index < -0.39 is 8.32 Å². The number of hydrogen-bond donors (Lipinski definition) is 1. The number of likely N-dealkylation sites (tertiary alicyclic amines) is 1. The zero-order valence-corrected chi connectivity index (χ0v) is 19.1. The van der Waals surface area contributed by atoms with Gasteiger partial charge in [-0.15, -0.1) is 0 Å². The molecule has 5 heteroatoms. The Morgan fingerprint density at radius 3 is 2.56 bits per heavy atom. The predicted octanol–water partition coefficient (Wildman–Crippen LogP) is 4.46. The minimum absolute atomic E-state index is 0. The smallest absolute Gasteiger partial charge is 0.192 e. The van der Waals surface area contributed by atoms with E-state index in [4.69, 9.17) is 4.43 Å². The Hall–Kier alpha value is -0.333. The Labute approximate surface area is 163 Å². The molecule has 1 aliphatic rings. The zero-order chi connectivity index (χ0) is 18.0. The molecule has 1 aromatic rings. The van der Waals surface area contributed by atoms with Crippen molar-refractivity contribution in [3.05, 3.63) is 35.4 Å². The molecule has 0 aliphatic carbocycles. The van der Waals surface area contributed by atoms with E-state index in [-0.39, 0.29) is 18.5 Å². The molecule has 1 heterocycles. The van der Waals surface area contributed by atoms with E-state index in [0.29, 0.717) is 12.1 Å². The summed E-state index contributed by atoms with van der Waals surface area (Å²) in [6.07, 6.45) is 1.57. The first kappa shape index (κ1) is 22.7. The highest BCUT2D eigenvalue weighted by Crippen LogP contribution is 2.38. The van der Waals surface area contributed by atoms with Crippen molar-refractivity contribution < 1.29 is 4.43 Å². The number of nitrogens with one attached hydrogen (secondary N) is 1. The molecule has 3 nitrogen and oxygen atoms in total. The van der Waals surface area contributed by atoms with Crippen LogP contribution in [-0.4, -0.2) is 46.0 Å². The molecule has 0 saturated carbocycles. The van der Waals surface area contributed by atoms with Crippen molar-refractivity contribution in [2.24, 2.45) is 0 Å². The van der Waals surface area contributed by atoms with Gasteiger partial charge in [-0.05, 0) is 44.1 Å². The normalized spacial score (nSPS) is 20.4. The lowest BCUT2D eigenvalue weighted by Crippen LogP contribution is -2.44. The maximum atomic E-state index is 6.61. The van der Waals surface area contributed by atoms with Crippen LogP contribution in [0.1, 0.15) is 44.4 Å². The van der Waals surface area contributed by atoms with Gasteiger partial charge in [0.2, 0.25) is 0 Å². The number of likely N-dealkylation sites (N-methyl/N-ethyl adjacent to an activating group) is 1. The molecule has 0 unspecified atom stereocenters. The lowest BCUT2D eigenvalue weighted by molar-refractivity contribution is 0.177. The first-order chi connectivity index (χ1) is 11.1. The molecule has 1 N–H and O–H groups in total. The van der Waals surface area contributed by atoms with Crippen molar-refractivity contribution >= 4 is 21.8 Å². The van der Waals surface area contributed by atoms with Gasteiger partial charge in [-0.3, -0.25) is 4.90 Å². The van der Waals surface area contributed by atoms with Crippen LogP contribution in [0.5, 0.6) is 0 Å². The van der Waals surface area contributed by atoms with Crippen LogP contribution in [0, 0.1) is 6.92 Å². The van der Waals surface area contributed by atoms with Gasteiger partial charge in [-0.1, -0.05) is 50.6 Å². The van der Waals surface area contributed by atoms with E-state index in [1.54, 1.807) is 0 Å². The Morgan fingerprint density at radius 2 is 2.00 bits per heavy atom. The van der Waals surface area contributed by atoms with Crippen molar-refractivity contribution in [3.63, 3.8) is 0 Å². The van der Waals surface area contributed by atoms with E-state index in [2.05, 4.69) is 82.3 Å². The maximum Gasteiger partial charge on any atom is 0.192 e. The highest BCUT2D eigenvalue weighted by Gasteiger charge is 2.40. The molecule has 1 saturated heterocycles. The lowest BCUT2D eigenvalue weighted by atomic mass is 10.0. The first-order valence-electron chi connectivity index (χ1n) is 9.26. The number of benzene rings is 1. The summed E-state index contributed by atoms with van der Waals surface area (Å²) in [5.41, 5.74) is 2.71. The quantitative estimate of drug-likeness (QED) is 0.735. The van der Waals surface area contributed by atoms with Gasteiger partial charge in [0, 0.05) is 25.7 Å². The SMILES string of the molecule is CN[C@H](CN1CC[C@H](O[Si](C)(C)C(C)(C)C)C1)c1cccc(C)c1.S. The van der Waals surface area contributed by atoms with E-state index in [1.165, 1.54) is 11.1 Å². The summed E-state index contributed by atoms with van der Waals surface area (Å²) >= 11 is 0. The molecule has 0 amide bonds. The molecule has 0 spiro atoms. The van der Waals surface area contributed by atoms with Crippen LogP contribution in [0.4, 0.5) is 0 Å². The van der Waals surface area contributed by atoms with Gasteiger partial charge in [-0.2, -0.15) is 13.5 Å². The van der Waals surface area contributed by atoms with Crippen molar-refractivity contribution in [3.8, 4) is 0 Å². The van der Waals surface area contributed by atoms with Crippen LogP contribution < -0.4 is 5.32 Å². The third-order valence-corrected chi connectivity index (χ3v) is 10.3. The molecule has 2 rings (SSSR count). The van der Waals surface area contributed by atoms with Gasteiger partial charge in [-0.25, -0.2) is 0 Å².